The van der Waals surface area contributed by atoms with Gasteiger partial charge < -0.3 is 20.6 Å². The van der Waals surface area contributed by atoms with Crippen molar-refractivity contribution in [3.05, 3.63) is 29.2 Å². The van der Waals surface area contributed by atoms with Crippen LogP contribution in [-0.4, -0.2) is 38.6 Å². The molecule has 0 amide bonds. The summed E-state index contributed by atoms with van der Waals surface area (Å²) in [5.41, 5.74) is 6.91. The molecule has 9 heteroatoms. The number of carboxylic acids is 1. The summed E-state index contributed by atoms with van der Waals surface area (Å²) < 4.78 is 13.8. The van der Waals surface area contributed by atoms with Crippen LogP contribution < -0.4 is 16.3 Å². The number of hydrazine groups is 1. The maximum absolute atomic E-state index is 11.1. The highest BCUT2D eigenvalue weighted by Gasteiger charge is 2.18. The summed E-state index contributed by atoms with van der Waals surface area (Å²) in [4.78, 5) is 15.3. The van der Waals surface area contributed by atoms with Crippen molar-refractivity contribution in [2.24, 2.45) is 11.6 Å². The number of hydrogen-bond acceptors (Lipinski definition) is 6. The van der Waals surface area contributed by atoms with Crippen LogP contribution in [0.2, 0.25) is 0 Å². The number of likely N-dealkylation sites (N-methyl/N-ethyl adjacent to an activating group) is 1. The molecule has 0 aliphatic heterocycles. The van der Waals surface area contributed by atoms with Crippen LogP contribution >= 0.6 is 0 Å². The molecule has 0 spiro atoms. The van der Waals surface area contributed by atoms with Gasteiger partial charge in [0.2, 0.25) is 0 Å². The molecule has 20 heavy (non-hydrogen) atoms. The Bertz CT molecular complexity index is 585. The standard InChI is InChI=1S/C11H17N5O3S/c1-6-7(15-20(3)19)4-5-8(14-6)9(12)10(11(17)18)16(2)13/h4-5,15H,12-13H2,1-3H3,(H,17,18)/b10-9-. The first kappa shape index (κ1) is 15.9. The Kier molecular flexibility index (Phi) is 5.06. The summed E-state index contributed by atoms with van der Waals surface area (Å²) in [5.74, 6) is 4.20. The molecule has 1 atom stereocenters. The van der Waals surface area contributed by atoms with Gasteiger partial charge in [-0.1, -0.05) is 0 Å². The monoisotopic (exact) mass is 299 g/mol. The van der Waals surface area contributed by atoms with Gasteiger partial charge in [-0.25, -0.2) is 19.8 Å². The fraction of sp³-hybridized carbons (Fsp3) is 0.273. The van der Waals surface area contributed by atoms with Crippen molar-refractivity contribution in [2.75, 3.05) is 18.0 Å². The Labute approximate surface area is 119 Å². The number of nitrogens with two attached hydrogens (primary N) is 2. The molecule has 0 radical (unpaired) electrons. The van der Waals surface area contributed by atoms with Gasteiger partial charge in [0, 0.05) is 13.3 Å². The lowest BCUT2D eigenvalue weighted by molar-refractivity contribution is -0.134. The van der Waals surface area contributed by atoms with E-state index in [4.69, 9.17) is 16.7 Å². The number of hydrogen-bond donors (Lipinski definition) is 4. The van der Waals surface area contributed by atoms with Crippen LogP contribution in [0.5, 0.6) is 0 Å². The number of pyridine rings is 1. The molecule has 0 saturated carbocycles. The number of anilines is 1. The van der Waals surface area contributed by atoms with Crippen LogP contribution in [0.4, 0.5) is 5.69 Å². The largest absolute Gasteiger partial charge is 0.476 e. The fourth-order valence-corrected chi connectivity index (χ4v) is 2.08. The number of rotatable bonds is 5. The molecular formula is C11H17N5O3S. The number of carboxylic acid groups (broad SMARTS) is 1. The van der Waals surface area contributed by atoms with E-state index in [-0.39, 0.29) is 17.1 Å². The van der Waals surface area contributed by atoms with Gasteiger partial charge in [0.05, 0.1) is 22.8 Å². The van der Waals surface area contributed by atoms with Crippen molar-refractivity contribution in [1.82, 2.24) is 9.99 Å². The predicted octanol–water partition coefficient (Wildman–Crippen LogP) is -0.387. The van der Waals surface area contributed by atoms with Gasteiger partial charge in [0.1, 0.15) is 11.0 Å². The molecule has 8 nitrogen and oxygen atoms in total. The first-order chi connectivity index (χ1) is 9.23. The van der Waals surface area contributed by atoms with Crippen LogP contribution in [0.15, 0.2) is 17.8 Å². The Morgan fingerprint density at radius 2 is 2.10 bits per heavy atom. The molecule has 0 aromatic carbocycles. The Morgan fingerprint density at radius 1 is 1.50 bits per heavy atom. The van der Waals surface area contributed by atoms with Crippen molar-refractivity contribution in [1.29, 1.82) is 0 Å². The highest BCUT2D eigenvalue weighted by atomic mass is 32.2. The van der Waals surface area contributed by atoms with Crippen LogP contribution in [0, 0.1) is 6.92 Å². The maximum atomic E-state index is 11.1. The Hall–Kier alpha value is -2.13. The van der Waals surface area contributed by atoms with Crippen molar-refractivity contribution >= 4 is 28.3 Å². The van der Waals surface area contributed by atoms with Crippen molar-refractivity contribution < 1.29 is 14.1 Å². The zero-order valence-electron chi connectivity index (χ0n) is 11.4. The molecule has 0 aliphatic rings. The lowest BCUT2D eigenvalue weighted by Gasteiger charge is -2.16. The average molecular weight is 299 g/mol. The minimum absolute atomic E-state index is 0.0465. The van der Waals surface area contributed by atoms with E-state index in [2.05, 4.69) is 9.71 Å². The van der Waals surface area contributed by atoms with Crippen LogP contribution in [0.25, 0.3) is 5.70 Å². The minimum Gasteiger partial charge on any atom is -0.476 e. The average Bonchev–Trinajstić information content (AvgIpc) is 2.30. The molecule has 1 aromatic heterocycles. The molecule has 1 rings (SSSR count). The summed E-state index contributed by atoms with van der Waals surface area (Å²) in [6, 6.07) is 3.16. The van der Waals surface area contributed by atoms with E-state index < -0.39 is 17.0 Å². The normalized spacial score (nSPS) is 13.4. The zero-order chi connectivity index (χ0) is 15.4. The molecule has 110 valence electrons. The van der Waals surface area contributed by atoms with Crippen molar-refractivity contribution in [2.45, 2.75) is 6.92 Å². The second kappa shape index (κ2) is 6.35. The summed E-state index contributed by atoms with van der Waals surface area (Å²) >= 11 is 0. The van der Waals surface area contributed by atoms with Crippen molar-refractivity contribution in [3.63, 3.8) is 0 Å². The van der Waals surface area contributed by atoms with Gasteiger partial charge in [-0.2, -0.15) is 0 Å². The summed E-state index contributed by atoms with van der Waals surface area (Å²) in [6.07, 6.45) is 1.49. The molecule has 1 aromatic rings. The number of nitrogens with zero attached hydrogens (tertiary/aromatic N) is 2. The van der Waals surface area contributed by atoms with Gasteiger partial charge in [-0.3, -0.25) is 0 Å². The van der Waals surface area contributed by atoms with Gasteiger partial charge >= 0.3 is 5.97 Å². The van der Waals surface area contributed by atoms with Gasteiger partial charge in [0.15, 0.2) is 5.70 Å². The third-order valence-corrected chi connectivity index (χ3v) is 2.93. The molecule has 0 bridgehead atoms. The summed E-state index contributed by atoms with van der Waals surface area (Å²) in [6.45, 7) is 1.69. The first-order valence-corrected chi connectivity index (χ1v) is 7.09. The van der Waals surface area contributed by atoms with Crippen LogP contribution in [0.3, 0.4) is 0 Å². The second-order valence-electron chi connectivity index (χ2n) is 4.06. The maximum Gasteiger partial charge on any atom is 0.355 e. The molecule has 6 N–H and O–H groups in total. The number of carbonyl (C=O) groups is 1. The Balaban J connectivity index is 3.27. The number of aliphatic carboxylic acids is 1. The summed E-state index contributed by atoms with van der Waals surface area (Å²) in [7, 11) is 0.151. The molecule has 0 aliphatic carbocycles. The number of aryl methyl sites for hydroxylation is 1. The third kappa shape index (κ3) is 3.68. The quantitative estimate of drug-likeness (QED) is 0.330. The highest BCUT2D eigenvalue weighted by Crippen LogP contribution is 2.18. The first-order valence-electron chi connectivity index (χ1n) is 5.53. The number of nitrogens with one attached hydrogen (secondary N) is 1. The van der Waals surface area contributed by atoms with E-state index in [1.807, 2.05) is 0 Å². The summed E-state index contributed by atoms with van der Waals surface area (Å²) in [5, 5.41) is 10.00. The molecule has 0 fully saturated rings. The van der Waals surface area contributed by atoms with E-state index in [9.17, 15) is 9.00 Å². The van der Waals surface area contributed by atoms with E-state index >= 15 is 0 Å². The molecule has 1 heterocycles. The fourth-order valence-electron chi connectivity index (χ4n) is 1.55. The Morgan fingerprint density at radius 3 is 2.50 bits per heavy atom. The predicted molar refractivity (Wildman–Crippen MR) is 77.4 cm³/mol. The van der Waals surface area contributed by atoms with Gasteiger partial charge in [-0.15, -0.1) is 0 Å². The molecule has 1 unspecified atom stereocenters. The zero-order valence-corrected chi connectivity index (χ0v) is 12.2. The van der Waals surface area contributed by atoms with E-state index in [1.54, 1.807) is 13.0 Å². The van der Waals surface area contributed by atoms with E-state index in [1.165, 1.54) is 19.4 Å². The number of aromatic nitrogens is 1. The van der Waals surface area contributed by atoms with Gasteiger partial charge in [-0.05, 0) is 19.1 Å². The molecule has 0 saturated heterocycles. The smallest absolute Gasteiger partial charge is 0.355 e. The van der Waals surface area contributed by atoms with E-state index in [0.717, 1.165) is 5.01 Å². The second-order valence-corrected chi connectivity index (χ2v) is 5.18. The lowest BCUT2D eigenvalue weighted by atomic mass is 10.2. The van der Waals surface area contributed by atoms with Crippen LogP contribution in [0.1, 0.15) is 11.4 Å². The minimum atomic E-state index is -1.25. The molecular weight excluding hydrogens is 282 g/mol. The lowest BCUT2D eigenvalue weighted by Crippen LogP contribution is -2.32. The van der Waals surface area contributed by atoms with Gasteiger partial charge in [0.25, 0.3) is 0 Å². The topological polar surface area (TPSA) is 135 Å². The SMILES string of the molecule is Cc1nc(/C(N)=C(\C(=O)O)N(C)N)ccc1NS(C)=O. The third-order valence-electron chi connectivity index (χ3n) is 2.43. The van der Waals surface area contributed by atoms with Crippen molar-refractivity contribution in [3.8, 4) is 0 Å². The highest BCUT2D eigenvalue weighted by molar-refractivity contribution is 7.85. The van der Waals surface area contributed by atoms with Crippen LogP contribution in [-0.2, 0) is 15.8 Å². The van der Waals surface area contributed by atoms with E-state index in [0.29, 0.717) is 11.4 Å².